The van der Waals surface area contributed by atoms with Gasteiger partial charge < -0.3 is 15.4 Å². The second kappa shape index (κ2) is 11.1. The molecule has 2 fully saturated rings. The van der Waals surface area contributed by atoms with Crippen LogP contribution in [0.15, 0.2) is 24.4 Å². The lowest BCUT2D eigenvalue weighted by molar-refractivity contribution is -0.139. The summed E-state index contributed by atoms with van der Waals surface area (Å²) in [7, 11) is 0. The summed E-state index contributed by atoms with van der Waals surface area (Å²) < 4.78 is 5.29. The van der Waals surface area contributed by atoms with E-state index in [2.05, 4.69) is 25.4 Å². The number of hydrogen-bond donors (Lipinski definition) is 2. The molecule has 3 heterocycles. The van der Waals surface area contributed by atoms with Crippen molar-refractivity contribution in [3.63, 3.8) is 0 Å². The molecule has 0 radical (unpaired) electrons. The SMILES string of the molecule is O=C(NCCN1CCOCC1)C(=O)NCC1CCN(Cc2ccccn2)CC1. The minimum absolute atomic E-state index is 0.421. The first-order valence-electron chi connectivity index (χ1n) is 10.2. The average Bonchev–Trinajstić information content (AvgIpc) is 2.74. The normalized spacial score (nSPS) is 19.3. The Morgan fingerprint density at radius 1 is 1.04 bits per heavy atom. The minimum Gasteiger partial charge on any atom is -0.379 e. The molecule has 0 unspecified atom stereocenters. The summed E-state index contributed by atoms with van der Waals surface area (Å²) in [4.78, 5) is 32.9. The van der Waals surface area contributed by atoms with Gasteiger partial charge in [0.1, 0.15) is 0 Å². The summed E-state index contributed by atoms with van der Waals surface area (Å²) in [5.41, 5.74) is 1.09. The standard InChI is InChI=1S/C20H31N5O3/c26-19(22-7-10-24-11-13-28-14-12-24)20(27)23-15-17-4-8-25(9-5-17)16-18-3-1-2-6-21-18/h1-3,6,17H,4-5,7-16H2,(H,22,26)(H,23,27). The Morgan fingerprint density at radius 3 is 2.50 bits per heavy atom. The van der Waals surface area contributed by atoms with Gasteiger partial charge in [0.15, 0.2) is 0 Å². The summed E-state index contributed by atoms with van der Waals surface area (Å²) >= 11 is 0. The van der Waals surface area contributed by atoms with Gasteiger partial charge >= 0.3 is 11.8 Å². The number of nitrogens with one attached hydrogen (secondary N) is 2. The van der Waals surface area contributed by atoms with E-state index in [1.54, 1.807) is 0 Å². The monoisotopic (exact) mass is 389 g/mol. The number of pyridine rings is 1. The number of rotatable bonds is 7. The first-order chi connectivity index (χ1) is 13.7. The van der Waals surface area contributed by atoms with Gasteiger partial charge in [-0.2, -0.15) is 0 Å². The van der Waals surface area contributed by atoms with Crippen LogP contribution in [0, 0.1) is 5.92 Å². The fourth-order valence-corrected chi connectivity index (χ4v) is 3.62. The zero-order chi connectivity index (χ0) is 19.6. The second-order valence-corrected chi connectivity index (χ2v) is 7.46. The van der Waals surface area contributed by atoms with Crippen LogP contribution in [-0.4, -0.2) is 85.6 Å². The predicted molar refractivity (Wildman–Crippen MR) is 106 cm³/mol. The van der Waals surface area contributed by atoms with E-state index in [1.165, 1.54) is 0 Å². The maximum absolute atomic E-state index is 12.0. The molecule has 2 N–H and O–H groups in total. The van der Waals surface area contributed by atoms with Crippen LogP contribution in [0.2, 0.25) is 0 Å². The van der Waals surface area contributed by atoms with E-state index in [1.807, 2.05) is 24.4 Å². The topological polar surface area (TPSA) is 86.8 Å². The Labute approximate surface area is 166 Å². The van der Waals surface area contributed by atoms with Gasteiger partial charge in [-0.1, -0.05) is 6.07 Å². The Bertz CT molecular complexity index is 614. The fourth-order valence-electron chi connectivity index (χ4n) is 3.62. The number of likely N-dealkylation sites (tertiary alicyclic amines) is 1. The Morgan fingerprint density at radius 2 is 1.79 bits per heavy atom. The number of morpholine rings is 1. The number of carbonyl (C=O) groups excluding carboxylic acids is 2. The lowest BCUT2D eigenvalue weighted by atomic mass is 9.96. The maximum atomic E-state index is 12.0. The Balaban J connectivity index is 1.26. The van der Waals surface area contributed by atoms with Gasteiger partial charge in [-0.05, 0) is 44.0 Å². The molecule has 2 aliphatic rings. The molecule has 3 rings (SSSR count). The van der Waals surface area contributed by atoms with E-state index >= 15 is 0 Å². The maximum Gasteiger partial charge on any atom is 0.309 e. The van der Waals surface area contributed by atoms with Crippen LogP contribution in [-0.2, 0) is 20.9 Å². The first kappa shape index (κ1) is 20.7. The summed E-state index contributed by atoms with van der Waals surface area (Å²) in [5.74, 6) is -0.649. The lowest BCUT2D eigenvalue weighted by Crippen LogP contribution is -2.46. The second-order valence-electron chi connectivity index (χ2n) is 7.46. The molecular formula is C20H31N5O3. The van der Waals surface area contributed by atoms with Crippen LogP contribution in [0.3, 0.4) is 0 Å². The Hall–Kier alpha value is -2.03. The molecule has 0 aromatic carbocycles. The largest absolute Gasteiger partial charge is 0.379 e. The van der Waals surface area contributed by atoms with E-state index in [4.69, 9.17) is 4.74 Å². The van der Waals surface area contributed by atoms with Crippen LogP contribution >= 0.6 is 0 Å². The third kappa shape index (κ3) is 6.85. The average molecular weight is 390 g/mol. The molecule has 2 saturated heterocycles. The van der Waals surface area contributed by atoms with Crippen molar-refractivity contribution in [3.05, 3.63) is 30.1 Å². The minimum atomic E-state index is -0.541. The van der Waals surface area contributed by atoms with Gasteiger partial charge in [0, 0.05) is 45.5 Å². The zero-order valence-corrected chi connectivity index (χ0v) is 16.4. The van der Waals surface area contributed by atoms with Crippen molar-refractivity contribution < 1.29 is 14.3 Å². The number of aromatic nitrogens is 1. The molecule has 0 spiro atoms. The number of ether oxygens (including phenoxy) is 1. The number of hydrogen-bond acceptors (Lipinski definition) is 6. The van der Waals surface area contributed by atoms with E-state index in [0.29, 0.717) is 19.0 Å². The molecule has 0 saturated carbocycles. The zero-order valence-electron chi connectivity index (χ0n) is 16.4. The summed E-state index contributed by atoms with van der Waals surface area (Å²) in [6, 6.07) is 5.98. The van der Waals surface area contributed by atoms with Crippen molar-refractivity contribution in [2.24, 2.45) is 5.92 Å². The molecule has 8 nitrogen and oxygen atoms in total. The van der Waals surface area contributed by atoms with Crippen molar-refractivity contribution >= 4 is 11.8 Å². The van der Waals surface area contributed by atoms with Crippen LogP contribution in [0.1, 0.15) is 18.5 Å². The molecule has 8 heteroatoms. The third-order valence-electron chi connectivity index (χ3n) is 5.39. The van der Waals surface area contributed by atoms with Crippen molar-refractivity contribution in [1.29, 1.82) is 0 Å². The molecule has 0 aliphatic carbocycles. The first-order valence-corrected chi connectivity index (χ1v) is 10.2. The number of amides is 2. The lowest BCUT2D eigenvalue weighted by Gasteiger charge is -2.31. The molecule has 0 bridgehead atoms. The molecule has 1 aromatic heterocycles. The van der Waals surface area contributed by atoms with Gasteiger partial charge in [0.25, 0.3) is 0 Å². The highest BCUT2D eigenvalue weighted by atomic mass is 16.5. The molecule has 2 aliphatic heterocycles. The highest BCUT2D eigenvalue weighted by Gasteiger charge is 2.21. The van der Waals surface area contributed by atoms with E-state index < -0.39 is 11.8 Å². The highest BCUT2D eigenvalue weighted by molar-refractivity contribution is 6.35. The summed E-state index contributed by atoms with van der Waals surface area (Å²) in [5, 5.41) is 5.49. The van der Waals surface area contributed by atoms with Crippen LogP contribution in [0.4, 0.5) is 0 Å². The van der Waals surface area contributed by atoms with Gasteiger partial charge in [-0.15, -0.1) is 0 Å². The Kier molecular flexibility index (Phi) is 8.20. The predicted octanol–water partition coefficient (Wildman–Crippen LogP) is -0.142. The van der Waals surface area contributed by atoms with Crippen molar-refractivity contribution in [3.8, 4) is 0 Å². The summed E-state index contributed by atoms with van der Waals surface area (Å²) in [6.07, 6.45) is 3.86. The molecule has 1 aromatic rings. The van der Waals surface area contributed by atoms with Gasteiger partial charge in [0.2, 0.25) is 0 Å². The van der Waals surface area contributed by atoms with E-state index in [0.717, 1.165) is 71.0 Å². The fraction of sp³-hybridized carbons (Fsp3) is 0.650. The van der Waals surface area contributed by atoms with E-state index in [-0.39, 0.29) is 0 Å². The van der Waals surface area contributed by atoms with Crippen LogP contribution in [0.25, 0.3) is 0 Å². The quantitative estimate of drug-likeness (QED) is 0.631. The number of carbonyl (C=O) groups is 2. The van der Waals surface area contributed by atoms with Crippen molar-refractivity contribution in [1.82, 2.24) is 25.4 Å². The number of nitrogens with zero attached hydrogens (tertiary/aromatic N) is 3. The van der Waals surface area contributed by atoms with Crippen molar-refractivity contribution in [2.45, 2.75) is 19.4 Å². The smallest absolute Gasteiger partial charge is 0.309 e. The van der Waals surface area contributed by atoms with Gasteiger partial charge in [-0.3, -0.25) is 24.4 Å². The van der Waals surface area contributed by atoms with Crippen molar-refractivity contribution in [2.75, 3.05) is 59.0 Å². The molecule has 0 atom stereocenters. The van der Waals surface area contributed by atoms with Gasteiger partial charge in [0.05, 0.1) is 18.9 Å². The van der Waals surface area contributed by atoms with E-state index in [9.17, 15) is 9.59 Å². The molecule has 28 heavy (non-hydrogen) atoms. The van der Waals surface area contributed by atoms with Crippen LogP contribution < -0.4 is 10.6 Å². The summed E-state index contributed by atoms with van der Waals surface area (Å²) in [6.45, 7) is 7.85. The third-order valence-corrected chi connectivity index (χ3v) is 5.39. The molecular weight excluding hydrogens is 358 g/mol. The van der Waals surface area contributed by atoms with Gasteiger partial charge in [-0.25, -0.2) is 0 Å². The molecule has 154 valence electrons. The van der Waals surface area contributed by atoms with Crippen LogP contribution in [0.5, 0.6) is 0 Å². The highest BCUT2D eigenvalue weighted by Crippen LogP contribution is 2.17. The number of piperidine rings is 1. The molecule has 2 amide bonds.